The highest BCUT2D eigenvalue weighted by Gasteiger charge is 2.26. The Kier molecular flexibility index (Phi) is 3.41. The smallest absolute Gasteiger partial charge is 0.0513 e. The van der Waals surface area contributed by atoms with Gasteiger partial charge in [-0.3, -0.25) is 4.21 Å². The van der Waals surface area contributed by atoms with Gasteiger partial charge in [0.1, 0.15) is 0 Å². The zero-order chi connectivity index (χ0) is 10.8. The summed E-state index contributed by atoms with van der Waals surface area (Å²) in [5.74, 6) is 0. The molecule has 1 heterocycles. The highest BCUT2D eigenvalue weighted by molar-refractivity contribution is 7.79. The molecule has 1 aromatic carbocycles. The van der Waals surface area contributed by atoms with Crippen LogP contribution in [0.2, 0.25) is 0 Å². The minimum Gasteiger partial charge on any atom is -0.768 e. The van der Waals surface area contributed by atoms with Crippen LogP contribution in [-0.2, 0) is 11.1 Å². The van der Waals surface area contributed by atoms with Crippen LogP contribution < -0.4 is 0 Å². The van der Waals surface area contributed by atoms with E-state index in [1.165, 1.54) is 0 Å². The molecule has 1 aromatic rings. The van der Waals surface area contributed by atoms with Gasteiger partial charge in [0.25, 0.3) is 0 Å². The predicted octanol–water partition coefficient (Wildman–Crippen LogP) is 2.22. The fraction of sp³-hybridized carbons (Fsp3) is 0.400. The van der Waals surface area contributed by atoms with Crippen molar-refractivity contribution in [2.24, 2.45) is 0 Å². The Bertz CT molecular complexity index is 385. The Morgan fingerprint density at radius 2 is 2.20 bits per heavy atom. The fourth-order valence-corrected chi connectivity index (χ4v) is 2.85. The Morgan fingerprint density at radius 3 is 2.80 bits per heavy atom. The van der Waals surface area contributed by atoms with Gasteiger partial charge in [-0.15, -0.1) is 0 Å². The van der Waals surface area contributed by atoms with Gasteiger partial charge in [0.2, 0.25) is 0 Å². The summed E-state index contributed by atoms with van der Waals surface area (Å²) in [4.78, 5) is 0.357. The molecular weight excluding hydrogens is 234 g/mol. The van der Waals surface area contributed by atoms with Crippen molar-refractivity contribution in [2.75, 3.05) is 6.54 Å². The van der Waals surface area contributed by atoms with Gasteiger partial charge in [-0.25, -0.2) is 4.42 Å². The molecule has 2 rings (SSSR count). The zero-order valence-electron chi connectivity index (χ0n) is 8.06. The maximum Gasteiger partial charge on any atom is 0.0513 e. The number of hydrogen-bond donors (Lipinski definition) is 0. The first kappa shape index (κ1) is 11.1. The number of benzene rings is 1. The molecule has 3 nitrogen and oxygen atoms in total. The van der Waals surface area contributed by atoms with E-state index in [-0.39, 0.29) is 6.04 Å². The van der Waals surface area contributed by atoms with E-state index >= 15 is 0 Å². The molecule has 0 N–H and O–H groups in total. The van der Waals surface area contributed by atoms with Crippen LogP contribution in [-0.4, -0.2) is 19.7 Å². The third-order valence-electron chi connectivity index (χ3n) is 2.65. The predicted molar refractivity (Wildman–Crippen MR) is 58.2 cm³/mol. The highest BCUT2D eigenvalue weighted by Crippen LogP contribution is 2.35. The number of nitrogens with zero attached hydrogens (tertiary/aromatic N) is 1. The lowest BCUT2D eigenvalue weighted by Gasteiger charge is -2.21. The highest BCUT2D eigenvalue weighted by atomic mass is 35.5. The lowest BCUT2D eigenvalue weighted by molar-refractivity contribution is 0.429. The number of rotatable bonds is 2. The Labute approximate surface area is 96.4 Å². The molecule has 2 unspecified atom stereocenters. The first-order valence-electron chi connectivity index (χ1n) is 4.81. The summed E-state index contributed by atoms with van der Waals surface area (Å²) >= 11 is 3.83. The minimum atomic E-state index is -2.19. The van der Waals surface area contributed by atoms with Gasteiger partial charge in [0, 0.05) is 11.4 Å². The summed E-state index contributed by atoms with van der Waals surface area (Å²) in [5, 5.41) is 0. The van der Waals surface area contributed by atoms with Gasteiger partial charge in [0.05, 0.1) is 6.04 Å². The van der Waals surface area contributed by atoms with E-state index in [2.05, 4.69) is 0 Å². The van der Waals surface area contributed by atoms with E-state index in [1.807, 2.05) is 12.1 Å². The monoisotopic (exact) mass is 244 g/mol. The molecule has 0 bridgehead atoms. The van der Waals surface area contributed by atoms with Crippen molar-refractivity contribution in [3.8, 4) is 0 Å². The average Bonchev–Trinajstić information content (AvgIpc) is 2.64. The van der Waals surface area contributed by atoms with E-state index < -0.39 is 11.1 Å². The lowest BCUT2D eigenvalue weighted by atomic mass is 10.1. The lowest BCUT2D eigenvalue weighted by Crippen LogP contribution is -2.13. The van der Waals surface area contributed by atoms with Gasteiger partial charge < -0.3 is 4.55 Å². The van der Waals surface area contributed by atoms with Gasteiger partial charge in [-0.05, 0) is 47.3 Å². The summed E-state index contributed by atoms with van der Waals surface area (Å²) in [6, 6.07) is 7.04. The summed E-state index contributed by atoms with van der Waals surface area (Å²) in [6.45, 7) is 0.812. The van der Waals surface area contributed by atoms with E-state index in [4.69, 9.17) is 11.8 Å². The van der Waals surface area contributed by atoms with Crippen LogP contribution in [0.4, 0.5) is 0 Å². The van der Waals surface area contributed by atoms with Crippen LogP contribution in [0.15, 0.2) is 29.2 Å². The summed E-state index contributed by atoms with van der Waals surface area (Å²) < 4.78 is 23.7. The second kappa shape index (κ2) is 4.61. The van der Waals surface area contributed by atoms with Crippen LogP contribution >= 0.6 is 11.8 Å². The third-order valence-corrected chi connectivity index (χ3v) is 3.78. The summed E-state index contributed by atoms with van der Waals surface area (Å²) in [7, 11) is 0. The van der Waals surface area contributed by atoms with E-state index in [1.54, 1.807) is 16.6 Å². The maximum atomic E-state index is 11.0. The van der Waals surface area contributed by atoms with Crippen molar-refractivity contribution in [3.05, 3.63) is 29.8 Å². The van der Waals surface area contributed by atoms with Gasteiger partial charge >= 0.3 is 0 Å². The first-order chi connectivity index (χ1) is 7.20. The SMILES string of the molecule is O=S([O-])c1ccccc1C1CCCN1Cl. The zero-order valence-corrected chi connectivity index (χ0v) is 9.63. The molecule has 0 aliphatic carbocycles. The maximum absolute atomic E-state index is 11.0. The van der Waals surface area contributed by atoms with E-state index in [9.17, 15) is 8.76 Å². The van der Waals surface area contributed by atoms with Crippen molar-refractivity contribution < 1.29 is 8.76 Å². The molecule has 1 aliphatic heterocycles. The topological polar surface area (TPSA) is 43.4 Å². The van der Waals surface area contributed by atoms with Crippen LogP contribution in [0.5, 0.6) is 0 Å². The standard InChI is InChI=1S/C10H12ClNO2S/c11-12-7-3-5-9(12)8-4-1-2-6-10(8)15(13)14/h1-2,4,6,9H,3,5,7H2,(H,13,14)/p-1. The van der Waals surface area contributed by atoms with Crippen LogP contribution in [0, 0.1) is 0 Å². The fourth-order valence-electron chi connectivity index (χ4n) is 1.95. The minimum absolute atomic E-state index is 0.0285. The molecule has 5 heteroatoms. The second-order valence-corrected chi connectivity index (χ2v) is 4.90. The normalized spacial score (nSPS) is 24.3. The third kappa shape index (κ3) is 2.23. The molecule has 1 fully saturated rings. The molecule has 0 saturated carbocycles. The van der Waals surface area contributed by atoms with Gasteiger partial charge in [-0.1, -0.05) is 18.2 Å². The largest absolute Gasteiger partial charge is 0.768 e. The van der Waals surface area contributed by atoms with E-state index in [0.717, 1.165) is 24.9 Å². The summed E-state index contributed by atoms with van der Waals surface area (Å²) in [6.07, 6.45) is 1.92. The molecular formula is C10H11ClNO2S-. The Hall–Kier alpha value is -0.420. The molecule has 0 aromatic heterocycles. The quantitative estimate of drug-likeness (QED) is 0.592. The van der Waals surface area contributed by atoms with Crippen molar-refractivity contribution in [1.29, 1.82) is 0 Å². The molecule has 82 valence electrons. The summed E-state index contributed by atoms with van der Waals surface area (Å²) in [5.41, 5.74) is 0.804. The molecule has 0 spiro atoms. The molecule has 0 radical (unpaired) electrons. The number of hydrogen-bond acceptors (Lipinski definition) is 3. The molecule has 2 atom stereocenters. The van der Waals surface area contributed by atoms with E-state index in [0.29, 0.717) is 4.90 Å². The molecule has 1 saturated heterocycles. The van der Waals surface area contributed by atoms with Gasteiger partial charge in [0.15, 0.2) is 0 Å². The molecule has 0 amide bonds. The number of halogens is 1. The molecule has 1 aliphatic rings. The first-order valence-corrected chi connectivity index (χ1v) is 6.22. The van der Waals surface area contributed by atoms with Crippen molar-refractivity contribution in [3.63, 3.8) is 0 Å². The van der Waals surface area contributed by atoms with Crippen LogP contribution in [0.25, 0.3) is 0 Å². The Morgan fingerprint density at radius 1 is 1.47 bits per heavy atom. The van der Waals surface area contributed by atoms with Crippen LogP contribution in [0.3, 0.4) is 0 Å². The Balaban J connectivity index is 2.38. The van der Waals surface area contributed by atoms with Gasteiger partial charge in [-0.2, -0.15) is 0 Å². The van der Waals surface area contributed by atoms with Crippen molar-refractivity contribution in [2.45, 2.75) is 23.8 Å². The van der Waals surface area contributed by atoms with Crippen molar-refractivity contribution in [1.82, 2.24) is 4.42 Å². The molecule has 15 heavy (non-hydrogen) atoms. The van der Waals surface area contributed by atoms with Crippen LogP contribution in [0.1, 0.15) is 24.4 Å². The van der Waals surface area contributed by atoms with Crippen molar-refractivity contribution >= 4 is 22.9 Å². The second-order valence-electron chi connectivity index (χ2n) is 3.55. The average molecular weight is 245 g/mol.